The lowest BCUT2D eigenvalue weighted by molar-refractivity contribution is -0.163. The van der Waals surface area contributed by atoms with Gasteiger partial charge in [0.15, 0.2) is 0 Å². The van der Waals surface area contributed by atoms with Gasteiger partial charge in [-0.2, -0.15) is 0 Å². The van der Waals surface area contributed by atoms with Gasteiger partial charge in [0.2, 0.25) is 5.91 Å². The van der Waals surface area contributed by atoms with Crippen LogP contribution in [0.5, 0.6) is 5.75 Å². The third-order valence-corrected chi connectivity index (χ3v) is 15.7. The van der Waals surface area contributed by atoms with Gasteiger partial charge in [-0.05, 0) is 227 Å². The van der Waals surface area contributed by atoms with Crippen LogP contribution in [0.15, 0.2) is 72.8 Å². The average Bonchev–Trinajstić information content (AvgIpc) is 1.73. The van der Waals surface area contributed by atoms with Crippen molar-refractivity contribution < 1.29 is 66.7 Å². The summed E-state index contributed by atoms with van der Waals surface area (Å²) < 4.78 is 41.5. The van der Waals surface area contributed by atoms with Crippen LogP contribution in [-0.2, 0) is 79.8 Å². The minimum absolute atomic E-state index is 0.111. The number of carbonyl (C=O) groups is 7. The molecule has 3 aliphatic heterocycles. The van der Waals surface area contributed by atoms with E-state index in [9.17, 15) is 33.6 Å². The van der Waals surface area contributed by atoms with Crippen LogP contribution in [0.2, 0.25) is 0 Å². The predicted molar refractivity (Wildman–Crippen MR) is 345 cm³/mol. The molecule has 3 aromatic rings. The molecular formula is C72H106N4O14. The highest BCUT2D eigenvalue weighted by Gasteiger charge is 2.43. The first kappa shape index (κ1) is 72.2. The zero-order chi connectivity index (χ0) is 66.7. The lowest BCUT2D eigenvalue weighted by Gasteiger charge is -2.28. The smallest absolute Gasteiger partial charge is 0.410 e. The molecule has 4 amide bonds. The number of carbonyl (C=O) groups excluding carboxylic acids is 7. The van der Waals surface area contributed by atoms with Crippen LogP contribution in [0.4, 0.5) is 14.4 Å². The summed E-state index contributed by atoms with van der Waals surface area (Å²) in [6, 6.07) is 23.5. The van der Waals surface area contributed by atoms with Crippen molar-refractivity contribution in [2.24, 2.45) is 35.5 Å². The number of hydrogen-bond acceptors (Lipinski definition) is 14. The second-order valence-electron chi connectivity index (χ2n) is 30.9. The Morgan fingerprint density at radius 1 is 0.433 bits per heavy atom. The third kappa shape index (κ3) is 24.1. The van der Waals surface area contributed by atoms with Crippen molar-refractivity contribution in [3.63, 3.8) is 0 Å². The molecular weight excluding hydrogens is 1140 g/mol. The van der Waals surface area contributed by atoms with Crippen molar-refractivity contribution in [2.45, 2.75) is 216 Å². The maximum absolute atomic E-state index is 14.8. The Kier molecular flexibility index (Phi) is 24.1. The van der Waals surface area contributed by atoms with Gasteiger partial charge >= 0.3 is 36.2 Å². The Morgan fingerprint density at radius 2 is 0.756 bits per heavy atom. The quantitative estimate of drug-likeness (QED) is 0.0721. The number of rotatable bonds is 21. The summed E-state index contributed by atoms with van der Waals surface area (Å²) >= 11 is 0. The number of benzene rings is 3. The van der Waals surface area contributed by atoms with Crippen molar-refractivity contribution in [3.05, 3.63) is 101 Å². The standard InChI is InChI=1S/C72H106N4O14/c1-67(2,3)85-61(78)57(53-30-33-74(45-53)64(81)88-70(10,11)12)41-49-23-19-22-48(38-49)28-29-60(77)73(44-52-26-20-24-50(39-52)42-58(62(79)86-68(4,5)6)54-31-34-75(46-54)65(82)89-71(13,14)15)36-37-84-56-27-21-25-51(40-56)43-59(63(80)87-69(7,8)9)55-32-35-76(47-55)66(83)90-72(16,17)18/h19-27,38-40,53-55,57-59H,28-37,41-47H2,1-18H3/t53-,54-,55-,57-,58-,59-/m0/s1. The molecule has 0 N–H and O–H groups in total. The van der Waals surface area contributed by atoms with Crippen molar-refractivity contribution in [1.82, 2.24) is 19.6 Å². The second-order valence-corrected chi connectivity index (χ2v) is 30.9. The molecule has 3 fully saturated rings. The number of aryl methyl sites for hydroxylation is 1. The molecule has 3 aromatic carbocycles. The first-order chi connectivity index (χ1) is 41.6. The second kappa shape index (κ2) is 30.1. The Hall–Kier alpha value is -6.85. The van der Waals surface area contributed by atoms with Gasteiger partial charge in [0.25, 0.3) is 0 Å². The molecule has 0 aliphatic carbocycles. The number of ether oxygens (including phenoxy) is 7. The van der Waals surface area contributed by atoms with Gasteiger partial charge in [-0.25, -0.2) is 14.4 Å². The maximum atomic E-state index is 14.8. The van der Waals surface area contributed by atoms with Gasteiger partial charge in [0, 0.05) is 52.2 Å². The zero-order valence-electron chi connectivity index (χ0n) is 57.4. The van der Waals surface area contributed by atoms with Gasteiger partial charge in [-0.1, -0.05) is 60.7 Å². The van der Waals surface area contributed by atoms with E-state index in [-0.39, 0.29) is 67.7 Å². The molecule has 0 spiro atoms. The van der Waals surface area contributed by atoms with Crippen LogP contribution in [0.3, 0.4) is 0 Å². The molecule has 0 saturated carbocycles. The third-order valence-electron chi connectivity index (χ3n) is 15.7. The van der Waals surface area contributed by atoms with Crippen LogP contribution >= 0.6 is 0 Å². The first-order valence-corrected chi connectivity index (χ1v) is 32.4. The highest BCUT2D eigenvalue weighted by atomic mass is 16.6. The minimum Gasteiger partial charge on any atom is -0.492 e. The Bertz CT molecular complexity index is 2950. The molecule has 90 heavy (non-hydrogen) atoms. The van der Waals surface area contributed by atoms with Crippen LogP contribution in [-0.4, -0.2) is 148 Å². The summed E-state index contributed by atoms with van der Waals surface area (Å²) in [6.45, 7) is 36.2. The van der Waals surface area contributed by atoms with E-state index in [1.807, 2.05) is 197 Å². The van der Waals surface area contributed by atoms with Crippen molar-refractivity contribution in [1.29, 1.82) is 0 Å². The molecule has 18 nitrogen and oxygen atoms in total. The van der Waals surface area contributed by atoms with Crippen molar-refractivity contribution in [3.8, 4) is 5.75 Å². The highest BCUT2D eigenvalue weighted by molar-refractivity contribution is 5.78. The van der Waals surface area contributed by atoms with E-state index < -0.39 is 69.6 Å². The van der Waals surface area contributed by atoms with E-state index in [2.05, 4.69) is 0 Å². The van der Waals surface area contributed by atoms with Crippen LogP contribution < -0.4 is 4.74 Å². The van der Waals surface area contributed by atoms with Crippen LogP contribution in [0.1, 0.15) is 178 Å². The van der Waals surface area contributed by atoms with Crippen molar-refractivity contribution in [2.75, 3.05) is 52.4 Å². The summed E-state index contributed by atoms with van der Waals surface area (Å²) in [5.41, 5.74) is 0.276. The lowest BCUT2D eigenvalue weighted by atomic mass is 9.85. The van der Waals surface area contributed by atoms with Crippen LogP contribution in [0.25, 0.3) is 0 Å². The average molecular weight is 1250 g/mol. The van der Waals surface area contributed by atoms with Gasteiger partial charge in [0.05, 0.1) is 24.3 Å². The van der Waals surface area contributed by atoms with E-state index in [1.165, 1.54) is 0 Å². The normalized spacial score (nSPS) is 18.5. The molecule has 3 aliphatic rings. The number of likely N-dealkylation sites (tertiary alicyclic amines) is 3. The maximum Gasteiger partial charge on any atom is 0.410 e. The van der Waals surface area contributed by atoms with E-state index in [0.29, 0.717) is 90.0 Å². The topological polar surface area (TPSA) is 197 Å². The van der Waals surface area contributed by atoms with Gasteiger partial charge in [-0.3, -0.25) is 19.2 Å². The zero-order valence-corrected chi connectivity index (χ0v) is 57.4. The largest absolute Gasteiger partial charge is 0.492 e. The number of esters is 3. The Labute approximate surface area is 536 Å². The Morgan fingerprint density at radius 3 is 1.12 bits per heavy atom. The van der Waals surface area contributed by atoms with Gasteiger partial charge in [-0.15, -0.1) is 0 Å². The molecule has 6 atom stereocenters. The summed E-state index contributed by atoms with van der Waals surface area (Å²) in [6.07, 6.45) is 2.29. The minimum atomic E-state index is -0.734. The SMILES string of the molecule is CC(C)(C)OC(=O)[C@@H](Cc1cccc(CCC(=O)N(CCOc2cccc(C[C@H](C(=O)OC(C)(C)C)[C@H]3CCN(C(=O)OC(C)(C)C)C3)c2)Cc2cccc(C[C@H](C(=O)OC(C)(C)C)[C@H]3CCN(C(=O)OC(C)(C)C)C3)c2)c1)[C@H]1CCN(C(=O)OC(C)(C)C)C1. The molecule has 3 heterocycles. The van der Waals surface area contributed by atoms with E-state index in [0.717, 1.165) is 27.8 Å². The van der Waals surface area contributed by atoms with Gasteiger partial charge < -0.3 is 52.8 Å². The Balaban J connectivity index is 1.23. The summed E-state index contributed by atoms with van der Waals surface area (Å²) in [5, 5.41) is 0. The molecule has 0 aromatic heterocycles. The molecule has 3 saturated heterocycles. The van der Waals surface area contributed by atoms with Gasteiger partial charge in [0.1, 0.15) is 46.0 Å². The van der Waals surface area contributed by atoms with Crippen LogP contribution in [0, 0.1) is 35.5 Å². The number of hydrogen-bond donors (Lipinski definition) is 0. The first-order valence-electron chi connectivity index (χ1n) is 32.4. The molecule has 18 heteroatoms. The number of nitrogens with zero attached hydrogens (tertiary/aromatic N) is 4. The molecule has 498 valence electrons. The molecule has 0 radical (unpaired) electrons. The fourth-order valence-electron chi connectivity index (χ4n) is 11.8. The van der Waals surface area contributed by atoms with E-state index in [1.54, 1.807) is 19.6 Å². The highest BCUT2D eigenvalue weighted by Crippen LogP contribution is 2.35. The van der Waals surface area contributed by atoms with Crippen molar-refractivity contribution >= 4 is 42.1 Å². The number of amides is 4. The summed E-state index contributed by atoms with van der Waals surface area (Å²) in [5.74, 6) is -2.66. The fourth-order valence-corrected chi connectivity index (χ4v) is 11.8. The van der Waals surface area contributed by atoms with E-state index >= 15 is 0 Å². The van der Waals surface area contributed by atoms with E-state index in [4.69, 9.17) is 33.2 Å². The predicted octanol–water partition coefficient (Wildman–Crippen LogP) is 13.0. The summed E-state index contributed by atoms with van der Waals surface area (Å²) in [7, 11) is 0. The fraction of sp³-hybridized carbons (Fsp3) is 0.653. The summed E-state index contributed by atoms with van der Waals surface area (Å²) in [4.78, 5) is 103. The lowest BCUT2D eigenvalue weighted by Crippen LogP contribution is -2.38. The molecule has 6 rings (SSSR count). The monoisotopic (exact) mass is 1250 g/mol. The molecule has 0 bridgehead atoms. The molecule has 0 unspecified atom stereocenters.